The quantitative estimate of drug-likeness (QED) is 0.866. The number of carbonyl (C=O) groups is 1. The van der Waals surface area contributed by atoms with Gasteiger partial charge in [0.25, 0.3) is 0 Å². The summed E-state index contributed by atoms with van der Waals surface area (Å²) in [6.45, 7) is 2.76. The van der Waals surface area contributed by atoms with Crippen LogP contribution in [0.3, 0.4) is 0 Å². The highest BCUT2D eigenvalue weighted by molar-refractivity contribution is 7.10. The van der Waals surface area contributed by atoms with Crippen LogP contribution in [-0.2, 0) is 6.54 Å². The molecule has 2 rings (SSSR count). The van der Waals surface area contributed by atoms with Crippen LogP contribution in [0.15, 0.2) is 35.8 Å². The fraction of sp³-hybridized carbons (Fsp3) is 0.231. The van der Waals surface area contributed by atoms with E-state index in [-0.39, 0.29) is 11.9 Å². The summed E-state index contributed by atoms with van der Waals surface area (Å²) in [6.07, 6.45) is 1.78. The van der Waals surface area contributed by atoms with Crippen LogP contribution in [-0.4, -0.2) is 10.9 Å². The maximum Gasteiger partial charge on any atom is 0.249 e. The van der Waals surface area contributed by atoms with Crippen molar-refractivity contribution in [1.82, 2.24) is 10.3 Å². The van der Waals surface area contributed by atoms with E-state index in [1.54, 1.807) is 11.6 Å². The molecule has 1 atom stereocenters. The van der Waals surface area contributed by atoms with Gasteiger partial charge in [-0.1, -0.05) is 6.07 Å². The van der Waals surface area contributed by atoms with Gasteiger partial charge >= 0.3 is 0 Å². The highest BCUT2D eigenvalue weighted by Crippen LogP contribution is 2.16. The lowest BCUT2D eigenvalue weighted by Crippen LogP contribution is -2.18. The Morgan fingerprint density at radius 1 is 1.56 bits per heavy atom. The average Bonchev–Trinajstić information content (AvgIpc) is 2.86. The molecule has 4 nitrogen and oxygen atoms in total. The van der Waals surface area contributed by atoms with Gasteiger partial charge in [0, 0.05) is 29.0 Å². The number of nitrogens with one attached hydrogen (secondary N) is 1. The van der Waals surface area contributed by atoms with Crippen molar-refractivity contribution in [2.45, 2.75) is 19.5 Å². The minimum absolute atomic E-state index is 0.172. The molecule has 0 aliphatic heterocycles. The third-order valence-electron chi connectivity index (χ3n) is 2.65. The second-order valence-electron chi connectivity index (χ2n) is 4.02. The Kier molecular flexibility index (Phi) is 4.07. The molecule has 18 heavy (non-hydrogen) atoms. The number of amides is 1. The summed E-state index contributed by atoms with van der Waals surface area (Å²) < 4.78 is 0. The van der Waals surface area contributed by atoms with Gasteiger partial charge in [0.2, 0.25) is 5.91 Å². The topological polar surface area (TPSA) is 68.0 Å². The largest absolute Gasteiger partial charge is 0.366 e. The molecule has 0 aliphatic rings. The lowest BCUT2D eigenvalue weighted by atomic mass is 10.2. The summed E-state index contributed by atoms with van der Waals surface area (Å²) in [5, 5.41) is 5.15. The number of nitrogens with two attached hydrogens (primary N) is 1. The molecule has 0 bridgehead atoms. The van der Waals surface area contributed by atoms with Gasteiger partial charge in [0.05, 0.1) is 11.3 Å². The summed E-state index contributed by atoms with van der Waals surface area (Å²) in [7, 11) is 0. The Hall–Kier alpha value is -1.72. The van der Waals surface area contributed by atoms with Gasteiger partial charge in [-0.3, -0.25) is 9.78 Å². The van der Waals surface area contributed by atoms with Crippen molar-refractivity contribution < 1.29 is 4.79 Å². The summed E-state index contributed by atoms with van der Waals surface area (Å²) in [5.41, 5.74) is 6.79. The van der Waals surface area contributed by atoms with Crippen LogP contribution >= 0.6 is 11.3 Å². The summed E-state index contributed by atoms with van der Waals surface area (Å²) in [6, 6.07) is 7.85. The van der Waals surface area contributed by atoms with E-state index in [4.69, 9.17) is 5.73 Å². The summed E-state index contributed by atoms with van der Waals surface area (Å²) in [4.78, 5) is 16.4. The van der Waals surface area contributed by atoms with Crippen molar-refractivity contribution >= 4 is 17.2 Å². The lowest BCUT2D eigenvalue weighted by Gasteiger charge is -2.11. The molecule has 94 valence electrons. The minimum Gasteiger partial charge on any atom is -0.366 e. The van der Waals surface area contributed by atoms with E-state index in [1.165, 1.54) is 11.3 Å². The number of rotatable bonds is 5. The minimum atomic E-state index is -0.379. The van der Waals surface area contributed by atoms with Gasteiger partial charge in [-0.05, 0) is 25.1 Å². The van der Waals surface area contributed by atoms with Crippen LogP contribution in [0.5, 0.6) is 0 Å². The van der Waals surface area contributed by atoms with Gasteiger partial charge in [-0.2, -0.15) is 0 Å². The Morgan fingerprint density at radius 2 is 2.39 bits per heavy atom. The van der Waals surface area contributed by atoms with E-state index in [1.807, 2.05) is 24.3 Å². The zero-order valence-corrected chi connectivity index (χ0v) is 10.9. The van der Waals surface area contributed by atoms with E-state index in [9.17, 15) is 4.79 Å². The Bertz CT molecular complexity index is 524. The van der Waals surface area contributed by atoms with Gasteiger partial charge in [-0.15, -0.1) is 11.3 Å². The zero-order valence-electron chi connectivity index (χ0n) is 10.1. The first-order valence-corrected chi connectivity index (χ1v) is 6.56. The van der Waals surface area contributed by atoms with Crippen LogP contribution in [0.4, 0.5) is 0 Å². The second kappa shape index (κ2) is 5.75. The highest BCUT2D eigenvalue weighted by atomic mass is 32.1. The number of nitrogens with zero attached hydrogens (tertiary/aromatic N) is 1. The van der Waals surface area contributed by atoms with Crippen molar-refractivity contribution in [3.63, 3.8) is 0 Å². The molecular weight excluding hydrogens is 246 g/mol. The number of hydrogen-bond acceptors (Lipinski definition) is 4. The molecule has 1 amide bonds. The van der Waals surface area contributed by atoms with Gasteiger partial charge in [-0.25, -0.2) is 0 Å². The van der Waals surface area contributed by atoms with E-state index in [2.05, 4.69) is 17.2 Å². The third-order valence-corrected chi connectivity index (χ3v) is 3.59. The van der Waals surface area contributed by atoms with Crippen LogP contribution in [0.1, 0.15) is 33.9 Å². The monoisotopic (exact) mass is 261 g/mol. The molecule has 0 spiro atoms. The van der Waals surface area contributed by atoms with Crippen LogP contribution < -0.4 is 11.1 Å². The van der Waals surface area contributed by atoms with E-state index >= 15 is 0 Å². The second-order valence-corrected chi connectivity index (χ2v) is 5.02. The summed E-state index contributed by atoms with van der Waals surface area (Å²) in [5.74, 6) is -0.379. The molecule has 0 aromatic carbocycles. The van der Waals surface area contributed by atoms with E-state index in [0.717, 1.165) is 10.6 Å². The first kappa shape index (κ1) is 12.7. The average molecular weight is 261 g/mol. The van der Waals surface area contributed by atoms with Crippen LogP contribution in [0, 0.1) is 0 Å². The molecule has 0 saturated carbocycles. The molecule has 0 unspecified atom stereocenters. The molecule has 0 radical (unpaired) electrons. The molecule has 3 N–H and O–H groups in total. The fourth-order valence-corrected chi connectivity index (χ4v) is 2.42. The molecule has 0 saturated heterocycles. The summed E-state index contributed by atoms with van der Waals surface area (Å²) >= 11 is 1.53. The highest BCUT2D eigenvalue weighted by Gasteiger charge is 2.08. The Morgan fingerprint density at radius 3 is 3.00 bits per heavy atom. The van der Waals surface area contributed by atoms with Crippen molar-refractivity contribution in [1.29, 1.82) is 0 Å². The van der Waals surface area contributed by atoms with Crippen molar-refractivity contribution in [2.75, 3.05) is 0 Å². The molecule has 5 heteroatoms. The number of pyridine rings is 1. The van der Waals surface area contributed by atoms with Crippen molar-refractivity contribution in [2.24, 2.45) is 5.73 Å². The predicted octanol–water partition coefficient (Wildman–Crippen LogP) is 2.09. The third kappa shape index (κ3) is 3.15. The molecule has 2 aromatic rings. The van der Waals surface area contributed by atoms with Gasteiger partial charge in [0.1, 0.15) is 0 Å². The molecule has 0 fully saturated rings. The number of primary amides is 1. The molecule has 0 aliphatic carbocycles. The van der Waals surface area contributed by atoms with Crippen LogP contribution in [0.2, 0.25) is 0 Å². The molecule has 2 heterocycles. The number of hydrogen-bond donors (Lipinski definition) is 2. The normalized spacial score (nSPS) is 12.3. The van der Waals surface area contributed by atoms with E-state index < -0.39 is 0 Å². The zero-order chi connectivity index (χ0) is 13.0. The van der Waals surface area contributed by atoms with E-state index in [0.29, 0.717) is 12.1 Å². The first-order valence-electron chi connectivity index (χ1n) is 5.68. The van der Waals surface area contributed by atoms with Crippen molar-refractivity contribution in [3.8, 4) is 0 Å². The van der Waals surface area contributed by atoms with Crippen molar-refractivity contribution in [3.05, 3.63) is 52.0 Å². The lowest BCUT2D eigenvalue weighted by molar-refractivity contribution is 0.100. The Labute approximate surface area is 110 Å². The van der Waals surface area contributed by atoms with Gasteiger partial charge < -0.3 is 11.1 Å². The van der Waals surface area contributed by atoms with Gasteiger partial charge in [0.15, 0.2) is 0 Å². The maximum absolute atomic E-state index is 11.0. The number of thiophene rings is 1. The number of aromatic nitrogens is 1. The Balaban J connectivity index is 1.93. The molecular formula is C13H15N3OS. The number of carbonyl (C=O) groups excluding carboxylic acids is 1. The standard InChI is InChI=1S/C13H15N3OS/c1-9(12-4-2-3-5-15-12)16-7-11-6-10(8-18-11)13(14)17/h2-6,8-9,16H,7H2,1H3,(H2,14,17)/t9-/m1/s1. The predicted molar refractivity (Wildman–Crippen MR) is 72.3 cm³/mol. The first-order chi connectivity index (χ1) is 8.66. The smallest absolute Gasteiger partial charge is 0.249 e. The SMILES string of the molecule is C[C@@H](NCc1cc(C(N)=O)cs1)c1ccccn1. The fourth-order valence-electron chi connectivity index (χ4n) is 1.59. The van der Waals surface area contributed by atoms with Crippen LogP contribution in [0.25, 0.3) is 0 Å². The maximum atomic E-state index is 11.0. The molecule has 2 aromatic heterocycles.